The summed E-state index contributed by atoms with van der Waals surface area (Å²) in [5.41, 5.74) is -0.310. The molecular weight excluding hydrogens is 180 g/mol. The first-order valence-electron chi connectivity index (χ1n) is 5.16. The molecule has 3 nitrogen and oxygen atoms in total. The molecule has 3 fully saturated rings. The Morgan fingerprint density at radius 2 is 2.43 bits per heavy atom. The highest BCUT2D eigenvalue weighted by Gasteiger charge is 2.68. The molecule has 14 heavy (non-hydrogen) atoms. The van der Waals surface area contributed by atoms with Crippen LogP contribution in [0.4, 0.5) is 0 Å². The van der Waals surface area contributed by atoms with Crippen LogP contribution >= 0.6 is 0 Å². The van der Waals surface area contributed by atoms with E-state index in [1.807, 2.05) is 6.92 Å². The summed E-state index contributed by atoms with van der Waals surface area (Å²) in [5.74, 6) is 1.01. The molecule has 0 amide bonds. The van der Waals surface area contributed by atoms with Crippen molar-refractivity contribution in [3.63, 3.8) is 0 Å². The minimum absolute atomic E-state index is 0.0149. The molecule has 1 saturated heterocycles. The van der Waals surface area contributed by atoms with E-state index in [2.05, 4.69) is 6.58 Å². The molecule has 76 valence electrons. The SMILES string of the molecule is C=COC1(C)C2CC3C(=O)OC1C3C2. The van der Waals surface area contributed by atoms with E-state index in [9.17, 15) is 4.79 Å². The number of ether oxygens (including phenoxy) is 2. The number of fused-ring (bicyclic) bond motifs is 1. The van der Waals surface area contributed by atoms with Gasteiger partial charge in [-0.05, 0) is 19.8 Å². The lowest BCUT2D eigenvalue weighted by molar-refractivity contribution is -0.151. The molecule has 0 aromatic carbocycles. The van der Waals surface area contributed by atoms with Crippen LogP contribution in [-0.2, 0) is 14.3 Å². The fourth-order valence-electron chi connectivity index (χ4n) is 3.56. The van der Waals surface area contributed by atoms with Crippen LogP contribution in [0.15, 0.2) is 12.8 Å². The first-order valence-corrected chi connectivity index (χ1v) is 5.16. The molecule has 0 N–H and O–H groups in total. The van der Waals surface area contributed by atoms with E-state index in [0.29, 0.717) is 11.8 Å². The second-order valence-corrected chi connectivity index (χ2v) is 4.76. The summed E-state index contributed by atoms with van der Waals surface area (Å²) < 4.78 is 11.0. The molecule has 1 heterocycles. The minimum atomic E-state index is -0.310. The van der Waals surface area contributed by atoms with Gasteiger partial charge in [0.25, 0.3) is 0 Å². The second-order valence-electron chi connectivity index (χ2n) is 4.76. The van der Waals surface area contributed by atoms with E-state index in [0.717, 1.165) is 12.8 Å². The third-order valence-electron chi connectivity index (χ3n) is 4.26. The maximum absolute atomic E-state index is 11.5. The van der Waals surface area contributed by atoms with Crippen molar-refractivity contribution in [1.29, 1.82) is 0 Å². The zero-order valence-corrected chi connectivity index (χ0v) is 8.23. The summed E-state index contributed by atoms with van der Waals surface area (Å²) in [7, 11) is 0. The van der Waals surface area contributed by atoms with Crippen molar-refractivity contribution in [3.05, 3.63) is 12.8 Å². The average molecular weight is 194 g/mol. The molecule has 0 aromatic heterocycles. The van der Waals surface area contributed by atoms with E-state index >= 15 is 0 Å². The molecule has 0 radical (unpaired) electrons. The number of hydrogen-bond acceptors (Lipinski definition) is 3. The molecule has 2 aliphatic carbocycles. The van der Waals surface area contributed by atoms with E-state index in [1.165, 1.54) is 6.26 Å². The molecule has 0 aromatic rings. The van der Waals surface area contributed by atoms with E-state index in [-0.39, 0.29) is 23.6 Å². The molecule has 5 atom stereocenters. The molecule has 5 unspecified atom stereocenters. The third-order valence-corrected chi connectivity index (χ3v) is 4.26. The number of esters is 1. The van der Waals surface area contributed by atoms with Crippen molar-refractivity contribution in [3.8, 4) is 0 Å². The Kier molecular flexibility index (Phi) is 1.38. The predicted octanol–water partition coefficient (Wildman–Crippen LogP) is 1.49. The molecule has 3 aliphatic rings. The summed E-state index contributed by atoms with van der Waals surface area (Å²) >= 11 is 0. The van der Waals surface area contributed by atoms with Gasteiger partial charge in [-0.1, -0.05) is 6.58 Å². The van der Waals surface area contributed by atoms with Crippen molar-refractivity contribution in [2.24, 2.45) is 17.8 Å². The van der Waals surface area contributed by atoms with Crippen LogP contribution in [-0.4, -0.2) is 17.7 Å². The quantitative estimate of drug-likeness (QED) is 0.493. The summed E-state index contributed by atoms with van der Waals surface area (Å²) in [5, 5.41) is 0. The van der Waals surface area contributed by atoms with E-state index in [4.69, 9.17) is 9.47 Å². The summed E-state index contributed by atoms with van der Waals surface area (Å²) in [4.78, 5) is 11.5. The molecule has 0 spiro atoms. The summed E-state index contributed by atoms with van der Waals surface area (Å²) in [6.07, 6.45) is 3.45. The van der Waals surface area contributed by atoms with Crippen LogP contribution in [0.3, 0.4) is 0 Å². The summed E-state index contributed by atoms with van der Waals surface area (Å²) in [6, 6.07) is 0. The Hall–Kier alpha value is -0.990. The van der Waals surface area contributed by atoms with Crippen molar-refractivity contribution in [2.45, 2.75) is 31.5 Å². The smallest absolute Gasteiger partial charge is 0.309 e. The Morgan fingerprint density at radius 3 is 3.14 bits per heavy atom. The fourth-order valence-corrected chi connectivity index (χ4v) is 3.56. The first kappa shape index (κ1) is 8.33. The van der Waals surface area contributed by atoms with Gasteiger partial charge in [-0.2, -0.15) is 0 Å². The number of carbonyl (C=O) groups excluding carboxylic acids is 1. The van der Waals surface area contributed by atoms with Crippen LogP contribution < -0.4 is 0 Å². The normalized spacial score (nSPS) is 53.4. The van der Waals surface area contributed by atoms with E-state index in [1.54, 1.807) is 0 Å². The molecular formula is C11H14O3. The largest absolute Gasteiger partial charge is 0.492 e. The topological polar surface area (TPSA) is 35.5 Å². The fraction of sp³-hybridized carbons (Fsp3) is 0.727. The molecule has 1 aliphatic heterocycles. The summed E-state index contributed by atoms with van der Waals surface area (Å²) in [6.45, 7) is 5.63. The standard InChI is InChI=1S/C11H14O3/c1-3-13-11(2)6-4-7-8(5-6)10(12)14-9(7)11/h3,6-9H,1,4-5H2,2H3. The van der Waals surface area contributed by atoms with Gasteiger partial charge in [-0.15, -0.1) is 0 Å². The maximum Gasteiger partial charge on any atom is 0.309 e. The third kappa shape index (κ3) is 0.725. The van der Waals surface area contributed by atoms with Crippen molar-refractivity contribution in [1.82, 2.24) is 0 Å². The number of hydrogen-bond donors (Lipinski definition) is 0. The van der Waals surface area contributed by atoms with Gasteiger partial charge in [-0.3, -0.25) is 4.79 Å². The van der Waals surface area contributed by atoms with Gasteiger partial charge in [0.05, 0.1) is 12.2 Å². The Balaban J connectivity index is 1.98. The predicted molar refractivity (Wildman–Crippen MR) is 49.3 cm³/mol. The first-order chi connectivity index (χ1) is 6.66. The van der Waals surface area contributed by atoms with Gasteiger partial charge in [0, 0.05) is 11.8 Å². The number of carbonyl (C=O) groups is 1. The van der Waals surface area contributed by atoms with Gasteiger partial charge in [-0.25, -0.2) is 0 Å². The zero-order chi connectivity index (χ0) is 9.92. The molecule has 3 heteroatoms. The minimum Gasteiger partial charge on any atom is -0.492 e. The van der Waals surface area contributed by atoms with Crippen LogP contribution in [0.2, 0.25) is 0 Å². The molecule has 2 bridgehead atoms. The van der Waals surface area contributed by atoms with Crippen molar-refractivity contribution >= 4 is 5.97 Å². The van der Waals surface area contributed by atoms with Crippen LogP contribution in [0.5, 0.6) is 0 Å². The van der Waals surface area contributed by atoms with Crippen molar-refractivity contribution < 1.29 is 14.3 Å². The van der Waals surface area contributed by atoms with Gasteiger partial charge in [0.15, 0.2) is 0 Å². The Bertz CT molecular complexity index is 312. The maximum atomic E-state index is 11.5. The van der Waals surface area contributed by atoms with Crippen LogP contribution in [0, 0.1) is 17.8 Å². The van der Waals surface area contributed by atoms with E-state index < -0.39 is 0 Å². The molecule has 2 saturated carbocycles. The average Bonchev–Trinajstić information content (AvgIpc) is 2.71. The van der Waals surface area contributed by atoms with Gasteiger partial charge in [0.2, 0.25) is 0 Å². The zero-order valence-electron chi connectivity index (χ0n) is 8.23. The second kappa shape index (κ2) is 2.33. The number of rotatable bonds is 2. The lowest BCUT2D eigenvalue weighted by Crippen LogP contribution is -2.45. The highest BCUT2D eigenvalue weighted by molar-refractivity contribution is 5.77. The van der Waals surface area contributed by atoms with Crippen LogP contribution in [0.1, 0.15) is 19.8 Å². The van der Waals surface area contributed by atoms with Crippen molar-refractivity contribution in [2.75, 3.05) is 0 Å². The lowest BCUT2D eigenvalue weighted by atomic mass is 9.80. The highest BCUT2D eigenvalue weighted by Crippen LogP contribution is 2.60. The molecule has 3 rings (SSSR count). The van der Waals surface area contributed by atoms with Gasteiger partial charge >= 0.3 is 5.97 Å². The lowest BCUT2D eigenvalue weighted by Gasteiger charge is -2.35. The monoisotopic (exact) mass is 194 g/mol. The highest BCUT2D eigenvalue weighted by atomic mass is 16.6. The van der Waals surface area contributed by atoms with Crippen LogP contribution in [0.25, 0.3) is 0 Å². The Morgan fingerprint density at radius 1 is 1.64 bits per heavy atom. The van der Waals surface area contributed by atoms with Gasteiger partial charge < -0.3 is 9.47 Å². The van der Waals surface area contributed by atoms with Gasteiger partial charge in [0.1, 0.15) is 11.7 Å². The Labute approximate surface area is 83.1 Å².